The van der Waals surface area contributed by atoms with Gasteiger partial charge in [-0.3, -0.25) is 4.79 Å². The van der Waals surface area contributed by atoms with E-state index in [4.69, 9.17) is 23.2 Å². The van der Waals surface area contributed by atoms with Gasteiger partial charge in [-0.25, -0.2) is 4.98 Å². The van der Waals surface area contributed by atoms with Crippen molar-refractivity contribution < 1.29 is 18.0 Å². The smallest absolute Gasteiger partial charge is 0.349 e. The summed E-state index contributed by atoms with van der Waals surface area (Å²) in [4.78, 5) is 14.7. The maximum atomic E-state index is 12.6. The number of benzene rings is 1. The van der Waals surface area contributed by atoms with E-state index in [1.165, 1.54) is 6.92 Å². The van der Waals surface area contributed by atoms with Crippen LogP contribution in [0.4, 0.5) is 13.2 Å². The monoisotopic (exact) mass is 410 g/mol. The predicted molar refractivity (Wildman–Crippen MR) is 93.4 cm³/mol. The van der Waals surface area contributed by atoms with Crippen molar-refractivity contribution in [2.45, 2.75) is 38.4 Å². The molecule has 1 saturated carbocycles. The molecule has 0 aliphatic heterocycles. The van der Waals surface area contributed by atoms with E-state index in [0.29, 0.717) is 10.0 Å². The molecule has 1 aromatic heterocycles. The first kappa shape index (κ1) is 20.0. The van der Waals surface area contributed by atoms with Crippen molar-refractivity contribution >= 4 is 40.4 Å². The van der Waals surface area contributed by atoms with Crippen molar-refractivity contribution in [2.24, 2.45) is 0 Å². The lowest BCUT2D eigenvalue weighted by molar-refractivity contribution is -0.141. The molecule has 3 nitrogen and oxygen atoms in total. The van der Waals surface area contributed by atoms with Crippen LogP contribution in [0.5, 0.6) is 0 Å². The van der Waals surface area contributed by atoms with Crippen LogP contribution in [-0.2, 0) is 6.18 Å². The van der Waals surface area contributed by atoms with Crippen LogP contribution in [0.2, 0.25) is 10.0 Å². The van der Waals surface area contributed by atoms with Gasteiger partial charge in [0.15, 0.2) is 5.69 Å². The summed E-state index contributed by atoms with van der Waals surface area (Å²) < 4.78 is 37.9. The molecule has 25 heavy (non-hydrogen) atoms. The van der Waals surface area contributed by atoms with Gasteiger partial charge < -0.3 is 5.32 Å². The Kier molecular flexibility index (Phi) is 6.71. The van der Waals surface area contributed by atoms with Crippen LogP contribution >= 0.6 is 34.5 Å². The fraction of sp³-hybridized carbons (Fsp3) is 0.375. The van der Waals surface area contributed by atoms with Crippen molar-refractivity contribution in [1.29, 1.82) is 0 Å². The largest absolute Gasteiger partial charge is 0.435 e. The van der Waals surface area contributed by atoms with E-state index in [0.717, 1.165) is 30.6 Å². The van der Waals surface area contributed by atoms with Crippen LogP contribution in [0.15, 0.2) is 24.3 Å². The third kappa shape index (κ3) is 5.87. The summed E-state index contributed by atoms with van der Waals surface area (Å²) >= 11 is 11.9. The van der Waals surface area contributed by atoms with Gasteiger partial charge in [-0.2, -0.15) is 13.2 Å². The van der Waals surface area contributed by atoms with Crippen LogP contribution in [0.1, 0.15) is 39.6 Å². The Morgan fingerprint density at radius 3 is 2.28 bits per heavy atom. The minimum Gasteiger partial charge on any atom is -0.349 e. The maximum absolute atomic E-state index is 12.6. The first-order valence-corrected chi connectivity index (χ1v) is 9.00. The van der Waals surface area contributed by atoms with Crippen LogP contribution in [-0.4, -0.2) is 16.9 Å². The van der Waals surface area contributed by atoms with E-state index < -0.39 is 17.8 Å². The number of nitrogens with zero attached hydrogens (tertiary/aromatic N) is 1. The van der Waals surface area contributed by atoms with Crippen molar-refractivity contribution in [3.05, 3.63) is 49.9 Å². The molecular formula is C16H15Cl2F3N2OS. The minimum absolute atomic E-state index is 0.0194. The van der Waals surface area contributed by atoms with Crippen LogP contribution in [0.3, 0.4) is 0 Å². The average Bonchev–Trinajstić information content (AvgIpc) is 2.85. The van der Waals surface area contributed by atoms with Crippen molar-refractivity contribution in [3.8, 4) is 0 Å². The first-order valence-electron chi connectivity index (χ1n) is 7.43. The Balaban J connectivity index is 0.000000236. The number of aryl methyl sites for hydroxylation is 1. The molecule has 9 heteroatoms. The highest BCUT2D eigenvalue weighted by Crippen LogP contribution is 2.34. The molecule has 1 aliphatic rings. The molecule has 0 radical (unpaired) electrons. The molecule has 0 spiro atoms. The molecule has 136 valence electrons. The van der Waals surface area contributed by atoms with Gasteiger partial charge in [0.25, 0.3) is 5.91 Å². The van der Waals surface area contributed by atoms with E-state index in [2.05, 4.69) is 10.3 Å². The molecule has 1 N–H and O–H groups in total. The summed E-state index contributed by atoms with van der Waals surface area (Å²) in [5.74, 6) is -0.660. The molecule has 0 bridgehead atoms. The number of hydrogen-bond acceptors (Lipinski definition) is 3. The van der Waals surface area contributed by atoms with E-state index in [9.17, 15) is 18.0 Å². The molecule has 0 atom stereocenters. The van der Waals surface area contributed by atoms with Gasteiger partial charge in [0, 0.05) is 16.1 Å². The summed E-state index contributed by atoms with van der Waals surface area (Å²) in [5.41, 5.74) is -1.07. The van der Waals surface area contributed by atoms with Crippen LogP contribution in [0.25, 0.3) is 0 Å². The Morgan fingerprint density at radius 2 is 1.88 bits per heavy atom. The summed E-state index contributed by atoms with van der Waals surface area (Å²) in [6.45, 7) is 1.46. The fourth-order valence-corrected chi connectivity index (χ4v) is 3.31. The van der Waals surface area contributed by atoms with E-state index in [1.54, 1.807) is 18.2 Å². The molecule has 3 rings (SSSR count). The van der Waals surface area contributed by atoms with Gasteiger partial charge in [0.2, 0.25) is 0 Å². The Labute approximate surface area is 157 Å². The quantitative estimate of drug-likeness (QED) is 0.684. The second-order valence-electron chi connectivity index (χ2n) is 5.45. The number of alkyl halides is 3. The van der Waals surface area contributed by atoms with Gasteiger partial charge >= 0.3 is 6.18 Å². The number of thiazole rings is 1. The van der Waals surface area contributed by atoms with Crippen molar-refractivity contribution in [2.75, 3.05) is 0 Å². The summed E-state index contributed by atoms with van der Waals surface area (Å²) in [6, 6.07) is 7.10. The highest BCUT2D eigenvalue weighted by molar-refractivity contribution is 7.13. The summed E-state index contributed by atoms with van der Waals surface area (Å²) in [6.07, 6.45) is -1.88. The van der Waals surface area contributed by atoms with Crippen molar-refractivity contribution in [3.63, 3.8) is 0 Å². The summed E-state index contributed by atoms with van der Waals surface area (Å²) in [7, 11) is 0. The SMILES string of the molecule is Cc1nc(C(F)(F)F)c(C(=O)NC2CCC2)s1.Clc1cccc(Cl)c1. The number of nitrogens with one attached hydrogen (secondary N) is 1. The standard InChI is InChI=1S/C10H11F3N2OS.C6H4Cl2/c1-5-14-8(10(11,12)13)7(17-5)9(16)15-6-3-2-4-6;7-5-2-1-3-6(8)4-5/h6H,2-4H2,1H3,(H,15,16);1-4H. The normalized spacial score (nSPS) is 14.3. The third-order valence-electron chi connectivity index (χ3n) is 3.44. The Hall–Kier alpha value is -1.31. The molecule has 0 saturated heterocycles. The highest BCUT2D eigenvalue weighted by atomic mass is 35.5. The number of hydrogen-bond donors (Lipinski definition) is 1. The molecule has 2 aromatic rings. The van der Waals surface area contributed by atoms with E-state index in [-0.39, 0.29) is 15.9 Å². The van der Waals surface area contributed by atoms with E-state index in [1.807, 2.05) is 6.07 Å². The van der Waals surface area contributed by atoms with Crippen LogP contribution < -0.4 is 5.32 Å². The number of amides is 1. The van der Waals surface area contributed by atoms with Crippen LogP contribution in [0, 0.1) is 6.92 Å². The van der Waals surface area contributed by atoms with Crippen molar-refractivity contribution in [1.82, 2.24) is 10.3 Å². The molecule has 1 heterocycles. The average molecular weight is 411 g/mol. The van der Waals surface area contributed by atoms with Gasteiger partial charge in [0.1, 0.15) is 4.88 Å². The Bertz CT molecular complexity index is 728. The summed E-state index contributed by atoms with van der Waals surface area (Å²) in [5, 5.41) is 4.19. The maximum Gasteiger partial charge on any atom is 0.435 e. The molecule has 1 aromatic carbocycles. The van der Waals surface area contributed by atoms with E-state index >= 15 is 0 Å². The lowest BCUT2D eigenvalue weighted by atomic mass is 9.93. The second-order valence-corrected chi connectivity index (χ2v) is 7.53. The van der Waals surface area contributed by atoms with Gasteiger partial charge in [0.05, 0.1) is 5.01 Å². The molecule has 1 aliphatic carbocycles. The number of aromatic nitrogens is 1. The van der Waals surface area contributed by atoms with Gasteiger partial charge in [-0.15, -0.1) is 11.3 Å². The first-order chi connectivity index (χ1) is 11.7. The number of carbonyl (C=O) groups excluding carboxylic acids is 1. The molecule has 0 unspecified atom stereocenters. The molecular weight excluding hydrogens is 396 g/mol. The number of halogens is 5. The third-order valence-corrected chi connectivity index (χ3v) is 4.88. The molecule has 1 amide bonds. The molecule has 1 fully saturated rings. The Morgan fingerprint density at radius 1 is 1.28 bits per heavy atom. The zero-order valence-corrected chi connectivity index (χ0v) is 15.5. The number of carbonyl (C=O) groups is 1. The zero-order valence-electron chi connectivity index (χ0n) is 13.2. The minimum atomic E-state index is -4.57. The predicted octanol–water partition coefficient (Wildman–Crippen LogP) is 5.75. The zero-order chi connectivity index (χ0) is 18.6. The number of rotatable bonds is 2. The fourth-order valence-electron chi connectivity index (χ4n) is 2.04. The van der Waals surface area contributed by atoms with Gasteiger partial charge in [-0.1, -0.05) is 29.3 Å². The van der Waals surface area contributed by atoms with Gasteiger partial charge in [-0.05, 0) is 44.4 Å². The highest BCUT2D eigenvalue weighted by Gasteiger charge is 2.39. The topological polar surface area (TPSA) is 42.0 Å². The second kappa shape index (κ2) is 8.38. The lowest BCUT2D eigenvalue weighted by Crippen LogP contribution is -2.39. The lowest BCUT2D eigenvalue weighted by Gasteiger charge is -2.26.